The molecule has 0 spiro atoms. The third kappa shape index (κ3) is 4.33. The molecular formula is C9H9KN2O5S2. The first kappa shape index (κ1) is 17.2. The van der Waals surface area contributed by atoms with Crippen LogP contribution < -0.4 is 56.7 Å². The third-order valence-corrected chi connectivity index (χ3v) is 4.16. The van der Waals surface area contributed by atoms with Gasteiger partial charge >= 0.3 is 51.4 Å². The average Bonchev–Trinajstić information content (AvgIpc) is 2.74. The number of β-lactam (4-membered cyclic amide) rings is 1. The van der Waals surface area contributed by atoms with E-state index in [1.165, 1.54) is 11.3 Å². The second-order valence-corrected chi connectivity index (χ2v) is 6.03. The van der Waals surface area contributed by atoms with Crippen LogP contribution in [-0.4, -0.2) is 41.7 Å². The topological polar surface area (TPSA) is 107 Å². The van der Waals surface area contributed by atoms with E-state index >= 15 is 0 Å². The van der Waals surface area contributed by atoms with Gasteiger partial charge in [0.1, 0.15) is 6.04 Å². The molecule has 1 aromatic heterocycles. The molecule has 2 amide bonds. The molecule has 1 atom stereocenters. The molecule has 0 radical (unpaired) electrons. The van der Waals surface area contributed by atoms with Crippen LogP contribution in [0.1, 0.15) is 4.88 Å². The molecule has 1 aromatic rings. The van der Waals surface area contributed by atoms with E-state index in [0.29, 0.717) is 0 Å². The molecule has 1 fully saturated rings. The predicted octanol–water partition coefficient (Wildman–Crippen LogP) is -3.92. The first-order chi connectivity index (χ1) is 8.38. The summed E-state index contributed by atoms with van der Waals surface area (Å²) in [4.78, 5) is 23.6. The first-order valence-electron chi connectivity index (χ1n) is 4.97. The minimum Gasteiger partial charge on any atom is -0.731 e. The number of carbonyl (C=O) groups is 2. The summed E-state index contributed by atoms with van der Waals surface area (Å²) in [6, 6.07) is 2.66. The standard InChI is InChI=1S/C9H10N2O5S2.K/c12-8(4-6-2-1-3-17-6)10-7-5-11(9(7)13)18(14,15)16;/h1-3,7H,4-5H2,(H,10,12)(H,14,15,16);/q;+1/p-1/t7-;/m0./s1. The summed E-state index contributed by atoms with van der Waals surface area (Å²) in [5.74, 6) is -1.26. The average molecular weight is 328 g/mol. The number of carbonyl (C=O) groups excluding carboxylic acids is 2. The summed E-state index contributed by atoms with van der Waals surface area (Å²) in [5, 5.41) is 4.20. The van der Waals surface area contributed by atoms with Crippen molar-refractivity contribution in [2.24, 2.45) is 0 Å². The van der Waals surface area contributed by atoms with Gasteiger partial charge in [-0.15, -0.1) is 11.3 Å². The Morgan fingerprint density at radius 2 is 2.26 bits per heavy atom. The van der Waals surface area contributed by atoms with Crippen molar-refractivity contribution >= 4 is 33.5 Å². The fraction of sp³-hybridized carbons (Fsp3) is 0.333. The molecule has 2 heterocycles. The van der Waals surface area contributed by atoms with Crippen molar-refractivity contribution in [1.82, 2.24) is 9.62 Å². The largest absolute Gasteiger partial charge is 1.00 e. The molecule has 2 rings (SSSR count). The Labute approximate surface area is 156 Å². The van der Waals surface area contributed by atoms with Gasteiger partial charge in [-0.2, -0.15) is 0 Å². The van der Waals surface area contributed by atoms with Crippen molar-refractivity contribution in [2.45, 2.75) is 12.5 Å². The molecule has 19 heavy (non-hydrogen) atoms. The van der Waals surface area contributed by atoms with E-state index in [0.717, 1.165) is 4.88 Å². The van der Waals surface area contributed by atoms with Crippen molar-refractivity contribution in [3.8, 4) is 0 Å². The summed E-state index contributed by atoms with van der Waals surface area (Å²) in [6.07, 6.45) is 0.131. The summed E-state index contributed by atoms with van der Waals surface area (Å²) in [7, 11) is -4.75. The van der Waals surface area contributed by atoms with Crippen molar-refractivity contribution < 1.29 is 73.9 Å². The zero-order valence-electron chi connectivity index (χ0n) is 10.0. The Kier molecular flexibility index (Phi) is 6.13. The fourth-order valence-corrected chi connectivity index (χ4v) is 2.90. The molecule has 0 aromatic carbocycles. The van der Waals surface area contributed by atoms with Crippen LogP contribution in [0.3, 0.4) is 0 Å². The molecule has 7 nitrogen and oxygen atoms in total. The monoisotopic (exact) mass is 328 g/mol. The van der Waals surface area contributed by atoms with Crippen LogP contribution in [0.15, 0.2) is 17.5 Å². The van der Waals surface area contributed by atoms with E-state index in [2.05, 4.69) is 5.32 Å². The minimum absolute atomic E-state index is 0. The van der Waals surface area contributed by atoms with E-state index in [1.807, 2.05) is 5.38 Å². The summed E-state index contributed by atoms with van der Waals surface area (Å²) in [5.41, 5.74) is 0. The number of nitrogens with one attached hydrogen (secondary N) is 1. The van der Waals surface area contributed by atoms with Crippen molar-refractivity contribution in [3.63, 3.8) is 0 Å². The van der Waals surface area contributed by atoms with Crippen LogP contribution in [0.2, 0.25) is 0 Å². The maximum Gasteiger partial charge on any atom is 1.00 e. The Hall–Kier alpha value is 0.186. The SMILES string of the molecule is O=C(Cc1cccs1)N[C@H]1CN(S(=O)(=O)[O-])C1=O.[K+]. The van der Waals surface area contributed by atoms with Crippen molar-refractivity contribution in [3.05, 3.63) is 22.4 Å². The van der Waals surface area contributed by atoms with E-state index < -0.39 is 22.3 Å². The predicted molar refractivity (Wildman–Crippen MR) is 61.4 cm³/mol. The number of rotatable bonds is 4. The van der Waals surface area contributed by atoms with Gasteiger partial charge in [0.25, 0.3) is 5.91 Å². The van der Waals surface area contributed by atoms with Crippen LogP contribution in [0.4, 0.5) is 0 Å². The summed E-state index contributed by atoms with van der Waals surface area (Å²) >= 11 is 1.41. The number of nitrogens with zero attached hydrogens (tertiary/aromatic N) is 1. The second kappa shape index (κ2) is 6.76. The van der Waals surface area contributed by atoms with E-state index in [9.17, 15) is 22.6 Å². The first-order valence-corrected chi connectivity index (χ1v) is 7.21. The van der Waals surface area contributed by atoms with Crippen LogP contribution in [0.25, 0.3) is 0 Å². The van der Waals surface area contributed by atoms with Gasteiger partial charge in [-0.1, -0.05) is 6.07 Å². The Morgan fingerprint density at radius 1 is 1.58 bits per heavy atom. The normalized spacial score (nSPS) is 18.5. The Morgan fingerprint density at radius 3 is 2.74 bits per heavy atom. The molecule has 1 aliphatic rings. The molecular weight excluding hydrogens is 319 g/mol. The minimum atomic E-state index is -4.75. The quantitative estimate of drug-likeness (QED) is 0.345. The second-order valence-electron chi connectivity index (χ2n) is 3.70. The zero-order chi connectivity index (χ0) is 13.3. The Balaban J connectivity index is 0.00000180. The summed E-state index contributed by atoms with van der Waals surface area (Å²) in [6.45, 7) is -0.291. The summed E-state index contributed by atoms with van der Waals surface area (Å²) < 4.78 is 31.8. The van der Waals surface area contributed by atoms with Crippen LogP contribution in [-0.2, 0) is 26.3 Å². The van der Waals surface area contributed by atoms with E-state index in [-0.39, 0.29) is 74.6 Å². The molecule has 1 N–H and O–H groups in total. The number of thiophene rings is 1. The van der Waals surface area contributed by atoms with Gasteiger partial charge < -0.3 is 9.87 Å². The molecule has 10 heteroatoms. The van der Waals surface area contributed by atoms with Crippen molar-refractivity contribution in [1.29, 1.82) is 0 Å². The third-order valence-electron chi connectivity index (χ3n) is 2.41. The molecule has 98 valence electrons. The van der Waals surface area contributed by atoms with Gasteiger partial charge in [0.2, 0.25) is 5.91 Å². The van der Waals surface area contributed by atoms with Gasteiger partial charge in [0.05, 0.1) is 13.0 Å². The van der Waals surface area contributed by atoms with E-state index in [1.54, 1.807) is 12.1 Å². The van der Waals surface area contributed by atoms with Gasteiger partial charge in [-0.3, -0.25) is 9.59 Å². The van der Waals surface area contributed by atoms with Crippen LogP contribution >= 0.6 is 11.3 Å². The zero-order valence-corrected chi connectivity index (χ0v) is 14.8. The number of amides is 2. The van der Waals surface area contributed by atoms with E-state index in [4.69, 9.17) is 0 Å². The molecule has 0 unspecified atom stereocenters. The smallest absolute Gasteiger partial charge is 0.731 e. The van der Waals surface area contributed by atoms with Gasteiger partial charge in [-0.25, -0.2) is 12.7 Å². The molecule has 1 aliphatic heterocycles. The molecule has 0 aliphatic carbocycles. The maximum absolute atomic E-state index is 11.5. The number of hydrogen-bond acceptors (Lipinski definition) is 6. The molecule has 1 saturated heterocycles. The maximum atomic E-state index is 11.5. The van der Waals surface area contributed by atoms with Crippen LogP contribution in [0.5, 0.6) is 0 Å². The van der Waals surface area contributed by atoms with Crippen molar-refractivity contribution in [2.75, 3.05) is 6.54 Å². The number of hydrogen-bond donors (Lipinski definition) is 1. The fourth-order valence-electron chi connectivity index (χ4n) is 1.52. The molecule has 0 saturated carbocycles. The van der Waals surface area contributed by atoms with Gasteiger partial charge in [0.15, 0.2) is 10.3 Å². The van der Waals surface area contributed by atoms with Crippen LogP contribution in [0, 0.1) is 0 Å². The molecule has 0 bridgehead atoms. The van der Waals surface area contributed by atoms with Gasteiger partial charge in [-0.05, 0) is 11.4 Å². The van der Waals surface area contributed by atoms with Gasteiger partial charge in [0, 0.05) is 4.88 Å². The Bertz CT molecular complexity index is 571.